The molecular weight excluding hydrogens is 262 g/mol. The summed E-state index contributed by atoms with van der Waals surface area (Å²) in [6.45, 7) is 3.10. The van der Waals surface area contributed by atoms with Crippen molar-refractivity contribution in [1.29, 1.82) is 0 Å². The van der Waals surface area contributed by atoms with Gasteiger partial charge in [0, 0.05) is 18.2 Å². The van der Waals surface area contributed by atoms with Gasteiger partial charge in [-0.05, 0) is 60.1 Å². The number of anilines is 1. The van der Waals surface area contributed by atoms with Crippen LogP contribution in [0.1, 0.15) is 34.6 Å². The zero-order chi connectivity index (χ0) is 14.6. The van der Waals surface area contributed by atoms with E-state index in [0.717, 1.165) is 19.4 Å². The van der Waals surface area contributed by atoms with Crippen molar-refractivity contribution in [2.45, 2.75) is 25.7 Å². The second-order valence-corrected chi connectivity index (χ2v) is 6.24. The quantitative estimate of drug-likeness (QED) is 0.648. The summed E-state index contributed by atoms with van der Waals surface area (Å²) in [4.78, 5) is 0. The van der Waals surface area contributed by atoms with Crippen molar-refractivity contribution in [2.75, 3.05) is 11.9 Å². The van der Waals surface area contributed by atoms with E-state index in [1.54, 1.807) is 12.1 Å². The minimum atomic E-state index is -0.0119. The summed E-state index contributed by atoms with van der Waals surface area (Å²) < 4.78 is 0. The standard InChI is InChI=1S/C18H19NO2/c1-10-3-2-4-13-17-12(9-19-18(10)13)6-5-11-7-15(20)16(21)8-14(11)17/h2-4,7-8,12,17,19-21H,5-6,9H2,1H3/t12-,17+/m0/s1. The minimum Gasteiger partial charge on any atom is -0.504 e. The second kappa shape index (κ2) is 4.42. The largest absolute Gasteiger partial charge is 0.504 e. The van der Waals surface area contributed by atoms with Crippen LogP contribution in [0.5, 0.6) is 11.5 Å². The van der Waals surface area contributed by atoms with E-state index in [-0.39, 0.29) is 11.5 Å². The van der Waals surface area contributed by atoms with Crippen molar-refractivity contribution in [3.05, 3.63) is 52.6 Å². The summed E-state index contributed by atoms with van der Waals surface area (Å²) in [6, 6.07) is 9.92. The molecule has 21 heavy (non-hydrogen) atoms. The predicted octanol–water partition coefficient (Wildman–Crippen LogP) is 3.53. The van der Waals surface area contributed by atoms with Gasteiger partial charge in [0.05, 0.1) is 0 Å². The van der Waals surface area contributed by atoms with Crippen molar-refractivity contribution >= 4 is 5.69 Å². The highest BCUT2D eigenvalue weighted by atomic mass is 16.3. The molecule has 0 radical (unpaired) electrons. The van der Waals surface area contributed by atoms with E-state index in [9.17, 15) is 10.2 Å². The van der Waals surface area contributed by atoms with Gasteiger partial charge in [0.1, 0.15) is 0 Å². The third-order valence-electron chi connectivity index (χ3n) is 5.01. The maximum atomic E-state index is 9.90. The van der Waals surface area contributed by atoms with E-state index < -0.39 is 0 Å². The molecule has 0 bridgehead atoms. The lowest BCUT2D eigenvalue weighted by Gasteiger charge is -2.40. The van der Waals surface area contributed by atoms with Gasteiger partial charge in [-0.25, -0.2) is 0 Å². The third-order valence-corrected chi connectivity index (χ3v) is 5.01. The topological polar surface area (TPSA) is 52.5 Å². The summed E-state index contributed by atoms with van der Waals surface area (Å²) in [5, 5.41) is 23.2. The van der Waals surface area contributed by atoms with Gasteiger partial charge in [-0.15, -0.1) is 0 Å². The van der Waals surface area contributed by atoms with E-state index >= 15 is 0 Å². The fourth-order valence-corrected chi connectivity index (χ4v) is 3.97. The van der Waals surface area contributed by atoms with E-state index in [4.69, 9.17) is 0 Å². The highest BCUT2D eigenvalue weighted by Gasteiger charge is 2.36. The molecule has 0 fully saturated rings. The zero-order valence-electron chi connectivity index (χ0n) is 12.1. The van der Waals surface area contributed by atoms with Crippen LogP contribution >= 0.6 is 0 Å². The first-order chi connectivity index (χ1) is 10.1. The number of phenolic OH excluding ortho intramolecular Hbond substituents is 2. The number of aryl methyl sites for hydroxylation is 2. The summed E-state index contributed by atoms with van der Waals surface area (Å²) in [5.41, 5.74) is 6.16. The number of para-hydroxylation sites is 1. The average molecular weight is 281 g/mol. The smallest absolute Gasteiger partial charge is 0.157 e. The summed E-state index contributed by atoms with van der Waals surface area (Å²) in [6.07, 6.45) is 2.08. The first-order valence-corrected chi connectivity index (χ1v) is 7.53. The molecule has 0 spiro atoms. The van der Waals surface area contributed by atoms with Crippen LogP contribution in [0.3, 0.4) is 0 Å². The van der Waals surface area contributed by atoms with Gasteiger partial charge >= 0.3 is 0 Å². The molecule has 0 amide bonds. The van der Waals surface area contributed by atoms with Crippen molar-refractivity contribution in [3.63, 3.8) is 0 Å². The third kappa shape index (κ3) is 1.80. The average Bonchev–Trinajstić information content (AvgIpc) is 2.48. The first-order valence-electron chi connectivity index (χ1n) is 7.53. The van der Waals surface area contributed by atoms with Crippen LogP contribution in [0.2, 0.25) is 0 Å². The maximum Gasteiger partial charge on any atom is 0.157 e. The Hall–Kier alpha value is -2.16. The van der Waals surface area contributed by atoms with Crippen molar-refractivity contribution in [3.8, 4) is 11.5 Å². The molecule has 4 rings (SSSR count). The van der Waals surface area contributed by atoms with Gasteiger partial charge in [0.15, 0.2) is 11.5 Å². The molecule has 2 aromatic carbocycles. The Balaban J connectivity index is 1.93. The lowest BCUT2D eigenvalue weighted by Crippen LogP contribution is -2.32. The summed E-state index contributed by atoms with van der Waals surface area (Å²) in [5.74, 6) is 0.847. The molecule has 2 atom stereocenters. The molecule has 0 unspecified atom stereocenters. The molecule has 3 heteroatoms. The summed E-state index contributed by atoms with van der Waals surface area (Å²) in [7, 11) is 0. The Morgan fingerprint density at radius 2 is 1.90 bits per heavy atom. The number of hydrogen-bond acceptors (Lipinski definition) is 3. The molecular formula is C18H19NO2. The van der Waals surface area contributed by atoms with Crippen LogP contribution in [0.15, 0.2) is 30.3 Å². The van der Waals surface area contributed by atoms with Crippen LogP contribution < -0.4 is 5.32 Å². The van der Waals surface area contributed by atoms with Crippen LogP contribution in [-0.4, -0.2) is 16.8 Å². The highest BCUT2D eigenvalue weighted by molar-refractivity contribution is 5.64. The molecule has 108 valence electrons. The van der Waals surface area contributed by atoms with Gasteiger partial charge in [-0.1, -0.05) is 18.2 Å². The van der Waals surface area contributed by atoms with Gasteiger partial charge in [0.25, 0.3) is 0 Å². The zero-order valence-corrected chi connectivity index (χ0v) is 12.1. The molecule has 2 aliphatic rings. The Morgan fingerprint density at radius 3 is 2.76 bits per heavy atom. The van der Waals surface area contributed by atoms with Crippen molar-refractivity contribution in [1.82, 2.24) is 0 Å². The van der Waals surface area contributed by atoms with Gasteiger partial charge < -0.3 is 15.5 Å². The van der Waals surface area contributed by atoms with E-state index in [0.29, 0.717) is 11.8 Å². The molecule has 2 aromatic rings. The van der Waals surface area contributed by atoms with Crippen LogP contribution in [0.25, 0.3) is 0 Å². The number of nitrogens with one attached hydrogen (secondary N) is 1. The van der Waals surface area contributed by atoms with E-state index in [1.165, 1.54) is 27.9 Å². The lowest BCUT2D eigenvalue weighted by atomic mass is 9.69. The molecule has 1 heterocycles. The SMILES string of the molecule is Cc1cccc2c1NC[C@@H]1CCc3cc(O)c(O)cc3[C@@H]21. The normalized spacial score (nSPS) is 22.7. The second-order valence-electron chi connectivity index (χ2n) is 6.24. The highest BCUT2D eigenvalue weighted by Crippen LogP contribution is 2.48. The number of fused-ring (bicyclic) bond motifs is 5. The van der Waals surface area contributed by atoms with Crippen molar-refractivity contribution < 1.29 is 10.2 Å². The lowest BCUT2D eigenvalue weighted by molar-refractivity contribution is 0.389. The number of aromatic hydroxyl groups is 2. The number of benzene rings is 2. The molecule has 1 aliphatic carbocycles. The number of phenols is 2. The van der Waals surface area contributed by atoms with Crippen molar-refractivity contribution in [2.24, 2.45) is 5.92 Å². The van der Waals surface area contributed by atoms with Gasteiger partial charge in [-0.2, -0.15) is 0 Å². The Kier molecular flexibility index (Phi) is 2.64. The van der Waals surface area contributed by atoms with E-state index in [2.05, 4.69) is 30.4 Å². The van der Waals surface area contributed by atoms with E-state index in [1.807, 2.05) is 0 Å². The number of rotatable bonds is 0. The fraction of sp³-hybridized carbons (Fsp3) is 0.333. The molecule has 0 saturated carbocycles. The monoisotopic (exact) mass is 281 g/mol. The van der Waals surface area contributed by atoms with Crippen LogP contribution in [0.4, 0.5) is 5.69 Å². The molecule has 0 saturated heterocycles. The molecule has 0 aromatic heterocycles. The maximum absolute atomic E-state index is 9.90. The minimum absolute atomic E-state index is 0.00870. The van der Waals surface area contributed by atoms with Gasteiger partial charge in [-0.3, -0.25) is 0 Å². The fourth-order valence-electron chi connectivity index (χ4n) is 3.97. The number of hydrogen-bond donors (Lipinski definition) is 3. The first kappa shape index (κ1) is 12.6. The molecule has 3 N–H and O–H groups in total. The molecule has 1 aliphatic heterocycles. The van der Waals surface area contributed by atoms with Crippen LogP contribution in [-0.2, 0) is 6.42 Å². The Labute approximate surface area is 124 Å². The van der Waals surface area contributed by atoms with Gasteiger partial charge in [0.2, 0.25) is 0 Å². The molecule has 3 nitrogen and oxygen atoms in total. The predicted molar refractivity (Wildman–Crippen MR) is 83.1 cm³/mol. The summed E-state index contributed by atoms with van der Waals surface area (Å²) >= 11 is 0. The Bertz CT molecular complexity index is 723. The van der Waals surface area contributed by atoms with Crippen LogP contribution in [0, 0.1) is 12.8 Å². The Morgan fingerprint density at radius 1 is 1.10 bits per heavy atom.